The molecule has 2 amide bonds. The summed E-state index contributed by atoms with van der Waals surface area (Å²) in [6, 6.07) is 15.8. The number of amides is 2. The van der Waals surface area contributed by atoms with Crippen molar-refractivity contribution in [3.63, 3.8) is 0 Å². The van der Waals surface area contributed by atoms with Gasteiger partial charge in [-0.3, -0.25) is 0 Å². The third-order valence-electron chi connectivity index (χ3n) is 3.68. The molecule has 6 nitrogen and oxygen atoms in total. The maximum absolute atomic E-state index is 12.1. The van der Waals surface area contributed by atoms with Crippen molar-refractivity contribution in [2.24, 2.45) is 0 Å². The van der Waals surface area contributed by atoms with Crippen LogP contribution in [-0.2, 0) is 17.7 Å². The van der Waals surface area contributed by atoms with E-state index in [9.17, 15) is 9.59 Å². The molecule has 0 spiro atoms. The minimum Gasteiger partial charge on any atom is -0.478 e. The number of nitrogens with one attached hydrogen (secondary N) is 2. The predicted octanol–water partition coefficient (Wildman–Crippen LogP) is 2.44. The molecule has 0 aliphatic heterocycles. The Kier molecular flexibility index (Phi) is 6.98. The molecule has 0 saturated carbocycles. The van der Waals surface area contributed by atoms with Crippen molar-refractivity contribution >= 4 is 12.0 Å². The standard InChI is InChI=1S/C19H22N2O4/c1-25-13-17(11-14-5-3-2-4-6-14)21-19(24)20-12-15-7-9-16(10-8-15)18(22)23/h2-10,17H,11-13H2,1H3,(H,22,23)(H2,20,21,24). The highest BCUT2D eigenvalue weighted by Gasteiger charge is 2.13. The Morgan fingerprint density at radius 2 is 1.72 bits per heavy atom. The molecule has 1 atom stereocenters. The topological polar surface area (TPSA) is 87.7 Å². The van der Waals surface area contributed by atoms with Gasteiger partial charge >= 0.3 is 12.0 Å². The van der Waals surface area contributed by atoms with E-state index in [4.69, 9.17) is 9.84 Å². The fourth-order valence-corrected chi connectivity index (χ4v) is 2.44. The van der Waals surface area contributed by atoms with E-state index in [0.717, 1.165) is 11.1 Å². The Morgan fingerprint density at radius 1 is 1.04 bits per heavy atom. The van der Waals surface area contributed by atoms with Crippen LogP contribution < -0.4 is 10.6 Å². The Bertz CT molecular complexity index is 686. The molecule has 0 radical (unpaired) electrons. The van der Waals surface area contributed by atoms with Crippen molar-refractivity contribution in [1.82, 2.24) is 10.6 Å². The van der Waals surface area contributed by atoms with Crippen LogP contribution in [0.15, 0.2) is 54.6 Å². The first-order chi connectivity index (χ1) is 12.1. The smallest absolute Gasteiger partial charge is 0.335 e. The average molecular weight is 342 g/mol. The number of hydrogen-bond acceptors (Lipinski definition) is 3. The van der Waals surface area contributed by atoms with Crippen LogP contribution in [0.2, 0.25) is 0 Å². The summed E-state index contributed by atoms with van der Waals surface area (Å²) in [7, 11) is 1.60. The summed E-state index contributed by atoms with van der Waals surface area (Å²) in [5, 5.41) is 14.5. The third-order valence-corrected chi connectivity index (χ3v) is 3.68. The number of methoxy groups -OCH3 is 1. The van der Waals surface area contributed by atoms with Gasteiger partial charge in [-0.05, 0) is 29.7 Å². The van der Waals surface area contributed by atoms with Gasteiger partial charge in [0.05, 0.1) is 18.2 Å². The Balaban J connectivity index is 1.85. The van der Waals surface area contributed by atoms with Crippen LogP contribution in [0.25, 0.3) is 0 Å². The molecule has 0 aliphatic rings. The van der Waals surface area contributed by atoms with E-state index in [1.54, 1.807) is 19.2 Å². The van der Waals surface area contributed by atoms with Gasteiger partial charge in [-0.15, -0.1) is 0 Å². The molecule has 2 aromatic rings. The molecule has 0 heterocycles. The highest BCUT2D eigenvalue weighted by molar-refractivity contribution is 5.87. The SMILES string of the molecule is COCC(Cc1ccccc1)NC(=O)NCc1ccc(C(=O)O)cc1. The number of carbonyl (C=O) groups excluding carboxylic acids is 1. The van der Waals surface area contributed by atoms with Crippen LogP contribution in [-0.4, -0.2) is 36.9 Å². The van der Waals surface area contributed by atoms with Crippen LogP contribution >= 0.6 is 0 Å². The second-order valence-electron chi connectivity index (χ2n) is 5.67. The Morgan fingerprint density at radius 3 is 2.32 bits per heavy atom. The summed E-state index contributed by atoms with van der Waals surface area (Å²) in [5.74, 6) is -0.972. The first kappa shape index (κ1) is 18.5. The number of carbonyl (C=O) groups is 2. The van der Waals surface area contributed by atoms with E-state index >= 15 is 0 Å². The van der Waals surface area contributed by atoms with Crippen LogP contribution in [0.4, 0.5) is 4.79 Å². The molecular formula is C19H22N2O4. The molecule has 0 aliphatic carbocycles. The molecule has 2 aromatic carbocycles. The van der Waals surface area contributed by atoms with E-state index in [-0.39, 0.29) is 17.6 Å². The van der Waals surface area contributed by atoms with Gasteiger partial charge in [0.1, 0.15) is 0 Å². The lowest BCUT2D eigenvalue weighted by Gasteiger charge is -2.18. The number of urea groups is 1. The van der Waals surface area contributed by atoms with Crippen molar-refractivity contribution in [1.29, 1.82) is 0 Å². The summed E-state index contributed by atoms with van der Waals surface area (Å²) in [5.41, 5.74) is 2.16. The van der Waals surface area contributed by atoms with Gasteiger partial charge in [0.2, 0.25) is 0 Å². The maximum Gasteiger partial charge on any atom is 0.335 e. The van der Waals surface area contributed by atoms with Gasteiger partial charge in [-0.25, -0.2) is 9.59 Å². The van der Waals surface area contributed by atoms with E-state index < -0.39 is 5.97 Å². The summed E-state index contributed by atoms with van der Waals surface area (Å²) in [6.45, 7) is 0.729. The lowest BCUT2D eigenvalue weighted by molar-refractivity contribution is 0.0697. The second-order valence-corrected chi connectivity index (χ2v) is 5.67. The van der Waals surface area contributed by atoms with Crippen molar-refractivity contribution in [2.45, 2.75) is 19.0 Å². The highest BCUT2D eigenvalue weighted by Crippen LogP contribution is 2.05. The van der Waals surface area contributed by atoms with Gasteiger partial charge in [0.15, 0.2) is 0 Å². The molecule has 0 bridgehead atoms. The van der Waals surface area contributed by atoms with Crippen molar-refractivity contribution in [3.8, 4) is 0 Å². The maximum atomic E-state index is 12.1. The monoisotopic (exact) mass is 342 g/mol. The minimum absolute atomic E-state index is 0.137. The quantitative estimate of drug-likeness (QED) is 0.687. The molecule has 2 rings (SSSR count). The van der Waals surface area contributed by atoms with E-state index in [0.29, 0.717) is 19.6 Å². The summed E-state index contributed by atoms with van der Waals surface area (Å²) in [6.07, 6.45) is 0.676. The molecule has 6 heteroatoms. The average Bonchev–Trinajstić information content (AvgIpc) is 2.61. The summed E-state index contributed by atoms with van der Waals surface area (Å²) in [4.78, 5) is 22.9. The van der Waals surface area contributed by atoms with Crippen LogP contribution in [0.3, 0.4) is 0 Å². The molecule has 1 unspecified atom stereocenters. The first-order valence-electron chi connectivity index (χ1n) is 7.98. The third kappa shape index (κ3) is 6.27. The number of rotatable bonds is 8. The minimum atomic E-state index is -0.972. The Hall–Kier alpha value is -2.86. The largest absolute Gasteiger partial charge is 0.478 e. The lowest BCUT2D eigenvalue weighted by Crippen LogP contribution is -2.45. The second kappa shape index (κ2) is 9.44. The molecule has 0 saturated heterocycles. The summed E-state index contributed by atoms with van der Waals surface area (Å²) < 4.78 is 5.18. The lowest BCUT2D eigenvalue weighted by atomic mass is 10.1. The number of carboxylic acids is 1. The number of ether oxygens (including phenoxy) is 1. The fraction of sp³-hybridized carbons (Fsp3) is 0.263. The number of carboxylic acid groups (broad SMARTS) is 1. The Labute approximate surface area is 146 Å². The summed E-state index contributed by atoms with van der Waals surface area (Å²) >= 11 is 0. The van der Waals surface area contributed by atoms with Crippen molar-refractivity contribution in [3.05, 3.63) is 71.3 Å². The van der Waals surface area contributed by atoms with Crippen LogP contribution in [0.1, 0.15) is 21.5 Å². The zero-order valence-electron chi connectivity index (χ0n) is 14.1. The van der Waals surface area contributed by atoms with E-state index in [1.807, 2.05) is 30.3 Å². The van der Waals surface area contributed by atoms with Gasteiger partial charge in [-0.1, -0.05) is 42.5 Å². The molecule has 132 valence electrons. The molecule has 0 fully saturated rings. The fourth-order valence-electron chi connectivity index (χ4n) is 2.44. The van der Waals surface area contributed by atoms with E-state index in [2.05, 4.69) is 10.6 Å². The first-order valence-corrected chi connectivity index (χ1v) is 7.98. The highest BCUT2D eigenvalue weighted by atomic mass is 16.5. The van der Waals surface area contributed by atoms with Crippen molar-refractivity contribution < 1.29 is 19.4 Å². The van der Waals surface area contributed by atoms with Gasteiger partial charge in [-0.2, -0.15) is 0 Å². The van der Waals surface area contributed by atoms with Gasteiger partial charge in [0, 0.05) is 13.7 Å². The van der Waals surface area contributed by atoms with Gasteiger partial charge < -0.3 is 20.5 Å². The number of hydrogen-bond donors (Lipinski definition) is 3. The van der Waals surface area contributed by atoms with E-state index in [1.165, 1.54) is 12.1 Å². The number of benzene rings is 2. The van der Waals surface area contributed by atoms with Gasteiger partial charge in [0.25, 0.3) is 0 Å². The molecule has 25 heavy (non-hydrogen) atoms. The van der Waals surface area contributed by atoms with Crippen molar-refractivity contribution in [2.75, 3.05) is 13.7 Å². The zero-order chi connectivity index (χ0) is 18.1. The molecule has 0 aromatic heterocycles. The normalized spacial score (nSPS) is 11.6. The molecule has 3 N–H and O–H groups in total. The number of aromatic carboxylic acids is 1. The zero-order valence-corrected chi connectivity index (χ0v) is 14.1. The predicted molar refractivity (Wildman–Crippen MR) is 94.6 cm³/mol. The molecular weight excluding hydrogens is 320 g/mol. The van der Waals surface area contributed by atoms with Crippen LogP contribution in [0.5, 0.6) is 0 Å². The van der Waals surface area contributed by atoms with Crippen LogP contribution in [0, 0.1) is 0 Å².